The van der Waals surface area contributed by atoms with Gasteiger partial charge in [-0.25, -0.2) is 4.79 Å². The second-order valence-electron chi connectivity index (χ2n) is 8.82. The van der Waals surface area contributed by atoms with Crippen LogP contribution in [0.2, 0.25) is 0 Å². The van der Waals surface area contributed by atoms with E-state index >= 15 is 0 Å². The van der Waals surface area contributed by atoms with Crippen molar-refractivity contribution in [1.82, 2.24) is 23.9 Å². The van der Waals surface area contributed by atoms with Crippen molar-refractivity contribution in [2.24, 2.45) is 13.0 Å². The number of aliphatic hydroxyl groups is 1. The number of amides is 1. The molecule has 0 radical (unpaired) electrons. The molecule has 2 fully saturated rings. The number of carbonyl (C=O) groups is 1. The van der Waals surface area contributed by atoms with Gasteiger partial charge in [0.05, 0.1) is 17.0 Å². The van der Waals surface area contributed by atoms with Gasteiger partial charge in [-0.2, -0.15) is 0 Å². The molecule has 37 heavy (non-hydrogen) atoms. The average Bonchev–Trinajstić information content (AvgIpc) is 3.19. The second-order valence-corrected chi connectivity index (χ2v) is 8.82. The molecule has 204 valence electrons. The number of hydrogen-bond donors (Lipinski definition) is 1. The van der Waals surface area contributed by atoms with Crippen LogP contribution in [0.3, 0.4) is 0 Å². The molecule has 3 aromatic rings. The van der Waals surface area contributed by atoms with E-state index in [0.717, 1.165) is 56.6 Å². The number of aryl methyl sites for hydroxylation is 1. The van der Waals surface area contributed by atoms with Gasteiger partial charge in [0.25, 0.3) is 0 Å². The SMILES string of the molecule is CC.CC.CCO.Cn1c(=O)n(C2CCN(C(=O)C3CN(Cc4ccncc4)C3)CC2)c2ccccc21. The lowest BCUT2D eigenvalue weighted by molar-refractivity contribution is -0.142. The van der Waals surface area contributed by atoms with Crippen molar-refractivity contribution in [2.45, 2.75) is 60.0 Å². The molecule has 0 bridgehead atoms. The lowest BCUT2D eigenvalue weighted by Gasteiger charge is -2.42. The lowest BCUT2D eigenvalue weighted by Crippen LogP contribution is -2.55. The van der Waals surface area contributed by atoms with E-state index < -0.39 is 0 Å². The van der Waals surface area contributed by atoms with Crippen LogP contribution in [-0.2, 0) is 18.4 Å². The number of para-hydroxylation sites is 2. The van der Waals surface area contributed by atoms with Gasteiger partial charge >= 0.3 is 5.69 Å². The average molecular weight is 512 g/mol. The molecule has 0 saturated carbocycles. The quantitative estimate of drug-likeness (QED) is 0.571. The maximum Gasteiger partial charge on any atom is 0.329 e. The number of imidazole rings is 1. The lowest BCUT2D eigenvalue weighted by atomic mass is 9.95. The minimum absolute atomic E-state index is 0.0340. The molecule has 1 aromatic carbocycles. The minimum atomic E-state index is 0.0340. The minimum Gasteiger partial charge on any atom is -0.397 e. The van der Waals surface area contributed by atoms with Crippen molar-refractivity contribution in [3.8, 4) is 0 Å². The van der Waals surface area contributed by atoms with E-state index in [0.29, 0.717) is 0 Å². The summed E-state index contributed by atoms with van der Waals surface area (Å²) in [6.07, 6.45) is 5.27. The van der Waals surface area contributed by atoms with Gasteiger partial charge in [-0.3, -0.25) is 23.8 Å². The normalized spacial score (nSPS) is 15.9. The molecule has 0 aliphatic carbocycles. The first-order valence-corrected chi connectivity index (χ1v) is 13.7. The number of rotatable bonds is 4. The van der Waals surface area contributed by atoms with E-state index in [2.05, 4.69) is 9.88 Å². The molecule has 5 rings (SSSR count). The third-order valence-electron chi connectivity index (χ3n) is 6.60. The van der Waals surface area contributed by atoms with Gasteiger partial charge in [-0.1, -0.05) is 39.8 Å². The Bertz CT molecular complexity index is 1130. The second kappa shape index (κ2) is 15.3. The van der Waals surface area contributed by atoms with Crippen molar-refractivity contribution in [1.29, 1.82) is 0 Å². The first kappa shape index (κ1) is 30.3. The highest BCUT2D eigenvalue weighted by molar-refractivity contribution is 5.80. The Morgan fingerprint density at radius 3 is 2.08 bits per heavy atom. The number of nitrogens with zero attached hydrogens (tertiary/aromatic N) is 5. The summed E-state index contributed by atoms with van der Waals surface area (Å²) in [4.78, 5) is 34.1. The molecule has 8 nitrogen and oxygen atoms in total. The zero-order valence-corrected chi connectivity index (χ0v) is 23.4. The van der Waals surface area contributed by atoms with E-state index in [9.17, 15) is 9.59 Å². The Balaban J connectivity index is 0.000000630. The Labute approximate surface area is 221 Å². The van der Waals surface area contributed by atoms with Crippen molar-refractivity contribution in [2.75, 3.05) is 32.8 Å². The number of fused-ring (bicyclic) bond motifs is 1. The first-order chi connectivity index (χ1) is 18.0. The van der Waals surface area contributed by atoms with Crippen LogP contribution in [-0.4, -0.2) is 67.7 Å². The van der Waals surface area contributed by atoms with Crippen LogP contribution < -0.4 is 5.69 Å². The topological polar surface area (TPSA) is 83.6 Å². The van der Waals surface area contributed by atoms with Gasteiger partial charge in [0.15, 0.2) is 0 Å². The molecule has 0 unspecified atom stereocenters. The molecule has 4 heterocycles. The molecule has 2 aliphatic heterocycles. The fraction of sp³-hybridized carbons (Fsp3) is 0.552. The summed E-state index contributed by atoms with van der Waals surface area (Å²) in [5.74, 6) is 0.369. The van der Waals surface area contributed by atoms with Crippen molar-refractivity contribution in [3.63, 3.8) is 0 Å². The fourth-order valence-electron chi connectivity index (χ4n) is 4.88. The van der Waals surface area contributed by atoms with Crippen molar-refractivity contribution in [3.05, 3.63) is 64.8 Å². The van der Waals surface area contributed by atoms with Crippen LogP contribution in [0.4, 0.5) is 0 Å². The predicted molar refractivity (Wildman–Crippen MR) is 150 cm³/mol. The van der Waals surface area contributed by atoms with E-state index in [1.807, 2.05) is 93.0 Å². The van der Waals surface area contributed by atoms with Crippen LogP contribution in [0, 0.1) is 5.92 Å². The number of carbonyl (C=O) groups excluding carboxylic acids is 1. The summed E-state index contributed by atoms with van der Waals surface area (Å²) in [6, 6.07) is 12.1. The Morgan fingerprint density at radius 2 is 1.51 bits per heavy atom. The summed E-state index contributed by atoms with van der Waals surface area (Å²) >= 11 is 0. The van der Waals surface area contributed by atoms with Crippen LogP contribution in [0.15, 0.2) is 53.6 Å². The van der Waals surface area contributed by atoms with E-state index in [4.69, 9.17) is 5.11 Å². The van der Waals surface area contributed by atoms with Crippen molar-refractivity contribution >= 4 is 16.9 Å². The summed E-state index contributed by atoms with van der Waals surface area (Å²) in [5.41, 5.74) is 3.22. The number of hydrogen-bond acceptors (Lipinski definition) is 5. The van der Waals surface area contributed by atoms with E-state index in [1.54, 1.807) is 11.5 Å². The number of piperidine rings is 1. The molecule has 2 saturated heterocycles. The third kappa shape index (κ3) is 7.29. The van der Waals surface area contributed by atoms with Crippen LogP contribution >= 0.6 is 0 Å². The summed E-state index contributed by atoms with van der Waals surface area (Å²) in [7, 11) is 1.83. The molecule has 8 heteroatoms. The zero-order chi connectivity index (χ0) is 27.4. The summed E-state index contributed by atoms with van der Waals surface area (Å²) < 4.78 is 3.65. The Hall–Kier alpha value is -2.97. The van der Waals surface area contributed by atoms with E-state index in [1.165, 1.54) is 5.56 Å². The zero-order valence-electron chi connectivity index (χ0n) is 23.4. The number of aliphatic hydroxyl groups excluding tert-OH is 1. The fourth-order valence-corrected chi connectivity index (χ4v) is 4.88. The van der Waals surface area contributed by atoms with Crippen LogP contribution in [0.1, 0.15) is 59.1 Å². The molecule has 0 atom stereocenters. The maximum atomic E-state index is 12.9. The number of pyridine rings is 1. The molecule has 2 aliphatic rings. The number of benzene rings is 1. The van der Waals surface area contributed by atoms with Gasteiger partial charge in [0.1, 0.15) is 0 Å². The molecule has 2 aromatic heterocycles. The van der Waals surface area contributed by atoms with Gasteiger partial charge in [0, 0.05) is 64.8 Å². The van der Waals surface area contributed by atoms with Gasteiger partial charge < -0.3 is 10.0 Å². The predicted octanol–water partition coefficient (Wildman–Crippen LogP) is 4.08. The highest BCUT2D eigenvalue weighted by atomic mass is 16.2. The highest BCUT2D eigenvalue weighted by Crippen LogP contribution is 2.28. The molecule has 1 amide bonds. The monoisotopic (exact) mass is 511 g/mol. The summed E-state index contributed by atoms with van der Waals surface area (Å²) in [5, 5.41) is 7.57. The molecule has 1 N–H and O–H groups in total. The number of likely N-dealkylation sites (tertiary alicyclic amines) is 2. The Morgan fingerprint density at radius 1 is 0.973 bits per heavy atom. The summed E-state index contributed by atoms with van der Waals surface area (Å²) in [6.45, 7) is 13.9. The largest absolute Gasteiger partial charge is 0.397 e. The van der Waals surface area contributed by atoms with Crippen LogP contribution in [0.5, 0.6) is 0 Å². The first-order valence-electron chi connectivity index (χ1n) is 13.7. The Kier molecular flexibility index (Phi) is 12.5. The van der Waals surface area contributed by atoms with Gasteiger partial charge in [-0.15, -0.1) is 0 Å². The van der Waals surface area contributed by atoms with Crippen LogP contribution in [0.25, 0.3) is 11.0 Å². The smallest absolute Gasteiger partial charge is 0.329 e. The van der Waals surface area contributed by atoms with Gasteiger partial charge in [0.2, 0.25) is 5.91 Å². The standard InChI is InChI=1S/C23H27N5O2.C2H6O.2C2H6/c1-25-20-4-2-3-5-21(20)28(23(25)30)19-8-12-27(13-9-19)22(29)18-15-26(16-18)14-17-6-10-24-11-7-17;1-2-3;2*1-2/h2-7,10-11,18-19H,8-9,12-16H2,1H3;3H,2H2,1H3;2*1-2H3. The highest BCUT2D eigenvalue weighted by Gasteiger charge is 2.36. The third-order valence-corrected chi connectivity index (χ3v) is 6.60. The molecular formula is C29H45N5O3. The number of aromatic nitrogens is 3. The van der Waals surface area contributed by atoms with Gasteiger partial charge in [-0.05, 0) is 49.6 Å². The van der Waals surface area contributed by atoms with Crippen molar-refractivity contribution < 1.29 is 9.90 Å². The molecular weight excluding hydrogens is 466 g/mol. The van der Waals surface area contributed by atoms with E-state index in [-0.39, 0.29) is 30.2 Å². The molecule has 0 spiro atoms. The maximum absolute atomic E-state index is 12.9.